The van der Waals surface area contributed by atoms with Crippen molar-refractivity contribution in [1.82, 2.24) is 15.3 Å². The molecular formula is C30H31FN4O5. The van der Waals surface area contributed by atoms with E-state index in [9.17, 15) is 23.9 Å². The van der Waals surface area contributed by atoms with E-state index in [-0.39, 0.29) is 22.5 Å². The number of nitrogens with zero attached hydrogens (tertiary/aromatic N) is 2. The third-order valence-electron chi connectivity index (χ3n) is 7.20. The molecular weight excluding hydrogens is 515 g/mol. The summed E-state index contributed by atoms with van der Waals surface area (Å²) >= 11 is 0. The number of benzene rings is 1. The zero-order valence-corrected chi connectivity index (χ0v) is 22.3. The fourth-order valence-electron chi connectivity index (χ4n) is 4.93. The van der Waals surface area contributed by atoms with Crippen molar-refractivity contribution in [3.05, 3.63) is 94.8 Å². The van der Waals surface area contributed by atoms with E-state index in [1.54, 1.807) is 30.5 Å². The molecule has 9 nitrogen and oxygen atoms in total. The van der Waals surface area contributed by atoms with E-state index >= 15 is 0 Å². The summed E-state index contributed by atoms with van der Waals surface area (Å²) in [4.78, 5) is 46.5. The molecule has 1 unspecified atom stereocenters. The van der Waals surface area contributed by atoms with Gasteiger partial charge in [0.15, 0.2) is 0 Å². The number of allylic oxidation sites excluding steroid dienone is 2. The summed E-state index contributed by atoms with van der Waals surface area (Å²) in [5, 5.41) is 12.3. The number of ketones is 1. The molecule has 1 atom stereocenters. The SMILES string of the molecule is CC(N)=C(NC(=O)OC(C)c1ccccc1F)C(=O)c1ccc(-c2ccc(C3(C(=O)O)CCCCC3)cn2)nc1. The van der Waals surface area contributed by atoms with E-state index in [0.29, 0.717) is 29.8 Å². The lowest BCUT2D eigenvalue weighted by Gasteiger charge is -2.33. The molecule has 0 saturated heterocycles. The number of hydrogen-bond acceptors (Lipinski definition) is 7. The van der Waals surface area contributed by atoms with Gasteiger partial charge in [-0.05, 0) is 56.5 Å². The number of hydrogen-bond donors (Lipinski definition) is 3. The van der Waals surface area contributed by atoms with Crippen LogP contribution in [0.15, 0.2) is 72.3 Å². The summed E-state index contributed by atoms with van der Waals surface area (Å²) in [6.07, 6.45) is 4.98. The van der Waals surface area contributed by atoms with Gasteiger partial charge in [0.1, 0.15) is 17.6 Å². The molecule has 0 radical (unpaired) electrons. The van der Waals surface area contributed by atoms with Crippen molar-refractivity contribution < 1.29 is 28.6 Å². The molecule has 40 heavy (non-hydrogen) atoms. The van der Waals surface area contributed by atoms with Crippen LogP contribution in [0.25, 0.3) is 11.4 Å². The van der Waals surface area contributed by atoms with E-state index in [0.717, 1.165) is 19.3 Å². The highest BCUT2D eigenvalue weighted by atomic mass is 19.1. The van der Waals surface area contributed by atoms with E-state index in [1.165, 1.54) is 44.3 Å². The van der Waals surface area contributed by atoms with Gasteiger partial charge in [-0.1, -0.05) is 43.5 Å². The van der Waals surface area contributed by atoms with E-state index in [1.807, 2.05) is 0 Å². The fraction of sp³-hybridized carbons (Fsp3) is 0.300. The average Bonchev–Trinajstić information content (AvgIpc) is 2.96. The Kier molecular flexibility index (Phi) is 8.57. The molecule has 1 aromatic carbocycles. The number of carbonyl (C=O) groups excluding carboxylic acids is 2. The van der Waals surface area contributed by atoms with Gasteiger partial charge in [-0.3, -0.25) is 24.9 Å². The Hall–Kier alpha value is -4.60. The number of carboxylic acid groups (broad SMARTS) is 1. The minimum atomic E-state index is -0.963. The number of amides is 1. The number of carboxylic acids is 1. The highest BCUT2D eigenvalue weighted by Crippen LogP contribution is 2.39. The summed E-state index contributed by atoms with van der Waals surface area (Å²) in [7, 11) is 0. The molecule has 4 N–H and O–H groups in total. The van der Waals surface area contributed by atoms with Crippen molar-refractivity contribution in [2.75, 3.05) is 0 Å². The smallest absolute Gasteiger partial charge is 0.412 e. The van der Waals surface area contributed by atoms with Gasteiger partial charge in [0.2, 0.25) is 5.78 Å². The summed E-state index contributed by atoms with van der Waals surface area (Å²) in [5.41, 5.74) is 6.85. The van der Waals surface area contributed by atoms with Gasteiger partial charge in [-0.25, -0.2) is 9.18 Å². The van der Waals surface area contributed by atoms with Crippen LogP contribution in [0, 0.1) is 5.82 Å². The maximum atomic E-state index is 14.0. The third kappa shape index (κ3) is 6.01. The number of carbonyl (C=O) groups is 3. The number of ether oxygens (including phenoxy) is 1. The number of Topliss-reactive ketones (excluding diaryl/α,β-unsaturated/α-hetero) is 1. The lowest BCUT2D eigenvalue weighted by atomic mass is 9.70. The van der Waals surface area contributed by atoms with E-state index in [2.05, 4.69) is 15.3 Å². The molecule has 0 aliphatic heterocycles. The molecule has 1 fully saturated rings. The van der Waals surface area contributed by atoms with Gasteiger partial charge >= 0.3 is 12.1 Å². The number of rotatable bonds is 8. The number of aliphatic carboxylic acids is 1. The molecule has 1 aliphatic carbocycles. The Balaban J connectivity index is 1.46. The Bertz CT molecular complexity index is 1430. The quantitative estimate of drug-likeness (QED) is 0.251. The van der Waals surface area contributed by atoms with Crippen molar-refractivity contribution in [2.24, 2.45) is 5.73 Å². The molecule has 2 aromatic heterocycles. The first-order valence-corrected chi connectivity index (χ1v) is 13.0. The molecule has 4 rings (SSSR count). The van der Waals surface area contributed by atoms with Crippen LogP contribution in [-0.4, -0.2) is 32.9 Å². The lowest BCUT2D eigenvalue weighted by Crippen LogP contribution is -2.37. The molecule has 1 saturated carbocycles. The van der Waals surface area contributed by atoms with Crippen LogP contribution in [0.2, 0.25) is 0 Å². The minimum Gasteiger partial charge on any atom is -0.481 e. The lowest BCUT2D eigenvalue weighted by molar-refractivity contribution is -0.145. The third-order valence-corrected chi connectivity index (χ3v) is 7.20. The Morgan fingerprint density at radius 3 is 2.20 bits per heavy atom. The van der Waals surface area contributed by atoms with Crippen LogP contribution in [0.5, 0.6) is 0 Å². The minimum absolute atomic E-state index is 0.0527. The average molecular weight is 547 g/mol. The van der Waals surface area contributed by atoms with Crippen LogP contribution in [0.1, 0.15) is 73.5 Å². The molecule has 1 amide bonds. The molecule has 0 spiro atoms. The number of nitrogens with one attached hydrogen (secondary N) is 1. The second-order valence-corrected chi connectivity index (χ2v) is 9.89. The molecule has 3 aromatic rings. The second-order valence-electron chi connectivity index (χ2n) is 9.89. The first kappa shape index (κ1) is 28.4. The first-order valence-electron chi connectivity index (χ1n) is 13.0. The highest BCUT2D eigenvalue weighted by Gasteiger charge is 2.41. The van der Waals surface area contributed by atoms with Crippen LogP contribution < -0.4 is 11.1 Å². The maximum absolute atomic E-state index is 14.0. The monoisotopic (exact) mass is 546 g/mol. The number of nitrogens with two attached hydrogens (primary N) is 1. The molecule has 2 heterocycles. The number of halogens is 1. The van der Waals surface area contributed by atoms with Gasteiger partial charge in [0, 0.05) is 29.2 Å². The largest absolute Gasteiger partial charge is 0.481 e. The zero-order chi connectivity index (χ0) is 28.9. The Labute approximate surface area is 231 Å². The van der Waals surface area contributed by atoms with Crippen LogP contribution >= 0.6 is 0 Å². The fourth-order valence-corrected chi connectivity index (χ4v) is 4.93. The summed E-state index contributed by atoms with van der Waals surface area (Å²) in [6, 6.07) is 12.5. The van der Waals surface area contributed by atoms with Gasteiger partial charge in [-0.15, -0.1) is 0 Å². The van der Waals surface area contributed by atoms with Crippen molar-refractivity contribution in [3.8, 4) is 11.4 Å². The first-order chi connectivity index (χ1) is 19.1. The van der Waals surface area contributed by atoms with Gasteiger partial charge in [0.25, 0.3) is 0 Å². The Morgan fingerprint density at radius 2 is 1.65 bits per heavy atom. The molecule has 208 valence electrons. The number of pyridine rings is 2. The van der Waals surface area contributed by atoms with Crippen molar-refractivity contribution in [3.63, 3.8) is 0 Å². The molecule has 10 heteroatoms. The van der Waals surface area contributed by atoms with Crippen molar-refractivity contribution in [1.29, 1.82) is 0 Å². The summed E-state index contributed by atoms with van der Waals surface area (Å²) in [6.45, 7) is 2.97. The molecule has 1 aliphatic rings. The van der Waals surface area contributed by atoms with Gasteiger partial charge in [0.05, 0.1) is 16.8 Å². The number of alkyl carbamates (subject to hydrolysis) is 1. The standard InChI is InChI=1S/C30H31FN4O5/c1-18(32)26(35-29(39)40-19(2)22-8-4-5-9-23(22)31)27(36)20-10-12-24(33-16-20)25-13-11-21(17-34-25)30(28(37)38)14-6-3-7-15-30/h4-5,8-13,16-17,19H,3,6-7,14-15,32H2,1-2H3,(H,35,39)(H,37,38). The van der Waals surface area contributed by atoms with E-state index < -0.39 is 35.2 Å². The maximum Gasteiger partial charge on any atom is 0.412 e. The number of aromatic nitrogens is 2. The van der Waals surface area contributed by atoms with Gasteiger partial charge in [-0.2, -0.15) is 0 Å². The predicted octanol–water partition coefficient (Wildman–Crippen LogP) is 5.43. The normalized spacial score (nSPS) is 15.9. The summed E-state index contributed by atoms with van der Waals surface area (Å²) in [5.74, 6) is -1.94. The second kappa shape index (κ2) is 12.1. The van der Waals surface area contributed by atoms with Crippen LogP contribution in [0.4, 0.5) is 9.18 Å². The topological polar surface area (TPSA) is 144 Å². The van der Waals surface area contributed by atoms with Crippen LogP contribution in [0.3, 0.4) is 0 Å². The van der Waals surface area contributed by atoms with Gasteiger partial charge < -0.3 is 15.6 Å². The van der Waals surface area contributed by atoms with Crippen LogP contribution in [-0.2, 0) is 14.9 Å². The highest BCUT2D eigenvalue weighted by molar-refractivity contribution is 6.10. The van der Waals surface area contributed by atoms with E-state index in [4.69, 9.17) is 10.5 Å². The summed E-state index contributed by atoms with van der Waals surface area (Å²) < 4.78 is 19.3. The van der Waals surface area contributed by atoms with Crippen molar-refractivity contribution >= 4 is 17.8 Å². The van der Waals surface area contributed by atoms with Crippen molar-refractivity contribution in [2.45, 2.75) is 57.5 Å². The Morgan fingerprint density at radius 1 is 1.00 bits per heavy atom. The predicted molar refractivity (Wildman–Crippen MR) is 146 cm³/mol. The molecule has 0 bridgehead atoms. The zero-order valence-electron chi connectivity index (χ0n) is 22.3.